The molecule has 1 aromatic carbocycles. The third-order valence-corrected chi connectivity index (χ3v) is 6.17. The number of anilines is 1. The molecule has 35 heavy (non-hydrogen) atoms. The third-order valence-electron chi connectivity index (χ3n) is 5.93. The summed E-state index contributed by atoms with van der Waals surface area (Å²) in [5, 5.41) is 4.46. The van der Waals surface area contributed by atoms with Gasteiger partial charge in [-0.3, -0.25) is 9.78 Å². The minimum absolute atomic E-state index is 0.128. The molecule has 0 atom stereocenters. The van der Waals surface area contributed by atoms with Gasteiger partial charge in [-0.1, -0.05) is 61.8 Å². The molecule has 1 N–H and O–H groups in total. The van der Waals surface area contributed by atoms with E-state index in [0.717, 1.165) is 36.8 Å². The molecule has 0 radical (unpaired) electrons. The first-order chi connectivity index (χ1) is 17.1. The van der Waals surface area contributed by atoms with Crippen LogP contribution in [0, 0.1) is 5.92 Å². The normalized spacial score (nSPS) is 14.6. The van der Waals surface area contributed by atoms with Crippen molar-refractivity contribution in [1.82, 2.24) is 14.9 Å². The SMILES string of the molecule is C=C(Cl)/C=C(\C=C\Cl)n1c(C(=O)NCC2CCN(c3ccncc3)CC2)cc2ccccc21.CC. The average Bonchev–Trinajstić information content (AvgIpc) is 3.28. The summed E-state index contributed by atoms with van der Waals surface area (Å²) in [5.41, 5.74) is 4.70. The summed E-state index contributed by atoms with van der Waals surface area (Å²) in [6.45, 7) is 10.3. The Morgan fingerprint density at radius 1 is 1.17 bits per heavy atom. The largest absolute Gasteiger partial charge is 0.371 e. The zero-order valence-electron chi connectivity index (χ0n) is 20.3. The molecule has 1 aliphatic heterocycles. The monoisotopic (exact) mass is 510 g/mol. The predicted molar refractivity (Wildman–Crippen MR) is 149 cm³/mol. The second kappa shape index (κ2) is 13.2. The Bertz CT molecular complexity index is 1190. The summed E-state index contributed by atoms with van der Waals surface area (Å²) < 4.78 is 1.86. The number of pyridine rings is 1. The molecular formula is C28H32Cl2N4O. The fraction of sp³-hybridized carbons (Fsp3) is 0.286. The molecule has 5 nitrogen and oxygen atoms in total. The van der Waals surface area contributed by atoms with Gasteiger partial charge < -0.3 is 14.8 Å². The van der Waals surface area contributed by atoms with Crippen molar-refractivity contribution in [1.29, 1.82) is 0 Å². The summed E-state index contributed by atoms with van der Waals surface area (Å²) in [5.74, 6) is 0.307. The maximum atomic E-state index is 13.3. The van der Waals surface area contributed by atoms with Crippen LogP contribution in [0.15, 0.2) is 84.2 Å². The lowest BCUT2D eigenvalue weighted by Gasteiger charge is -2.33. The molecule has 1 saturated heterocycles. The van der Waals surface area contributed by atoms with Gasteiger partial charge in [0, 0.05) is 59.4 Å². The Hall–Kier alpha value is -3.02. The fourth-order valence-electron chi connectivity index (χ4n) is 4.29. The zero-order valence-corrected chi connectivity index (χ0v) is 21.8. The highest BCUT2D eigenvalue weighted by molar-refractivity contribution is 6.31. The number of halogens is 2. The molecule has 2 aromatic heterocycles. The van der Waals surface area contributed by atoms with Crippen LogP contribution >= 0.6 is 23.2 Å². The van der Waals surface area contributed by atoms with Gasteiger partial charge in [0.1, 0.15) is 5.69 Å². The predicted octanol–water partition coefficient (Wildman–Crippen LogP) is 7.05. The van der Waals surface area contributed by atoms with E-state index < -0.39 is 0 Å². The molecule has 4 rings (SSSR count). The lowest BCUT2D eigenvalue weighted by atomic mass is 9.96. The van der Waals surface area contributed by atoms with E-state index in [9.17, 15) is 4.79 Å². The summed E-state index contributed by atoms with van der Waals surface area (Å²) in [6, 6.07) is 13.8. The molecule has 0 bridgehead atoms. The van der Waals surface area contributed by atoms with Crippen LogP contribution in [-0.4, -0.2) is 35.1 Å². The van der Waals surface area contributed by atoms with Crippen molar-refractivity contribution in [2.45, 2.75) is 26.7 Å². The smallest absolute Gasteiger partial charge is 0.268 e. The first-order valence-electron chi connectivity index (χ1n) is 11.9. The minimum Gasteiger partial charge on any atom is -0.371 e. The van der Waals surface area contributed by atoms with E-state index in [4.69, 9.17) is 23.2 Å². The molecule has 3 heterocycles. The van der Waals surface area contributed by atoms with Gasteiger partial charge in [0.25, 0.3) is 5.91 Å². The van der Waals surface area contributed by atoms with Crippen molar-refractivity contribution < 1.29 is 4.79 Å². The van der Waals surface area contributed by atoms with E-state index in [1.54, 1.807) is 12.2 Å². The molecule has 0 unspecified atom stereocenters. The lowest BCUT2D eigenvalue weighted by Crippen LogP contribution is -2.39. The van der Waals surface area contributed by atoms with Crippen LogP contribution < -0.4 is 10.2 Å². The summed E-state index contributed by atoms with van der Waals surface area (Å²) in [7, 11) is 0. The van der Waals surface area contributed by atoms with Crippen molar-refractivity contribution in [2.75, 3.05) is 24.5 Å². The molecular weight excluding hydrogens is 479 g/mol. The maximum Gasteiger partial charge on any atom is 0.268 e. The average molecular weight is 511 g/mol. The van der Waals surface area contributed by atoms with Gasteiger partial charge in [-0.25, -0.2) is 0 Å². The number of carbonyl (C=O) groups excluding carboxylic acids is 1. The van der Waals surface area contributed by atoms with Crippen LogP contribution in [-0.2, 0) is 0 Å². The second-order valence-electron chi connectivity index (χ2n) is 8.08. The maximum absolute atomic E-state index is 13.3. The van der Waals surface area contributed by atoms with Gasteiger partial charge in [-0.2, -0.15) is 0 Å². The number of hydrogen-bond donors (Lipinski definition) is 1. The minimum atomic E-state index is -0.128. The molecule has 1 aliphatic rings. The van der Waals surface area contributed by atoms with Crippen molar-refractivity contribution in [2.24, 2.45) is 5.92 Å². The highest BCUT2D eigenvalue weighted by Crippen LogP contribution is 2.27. The number of amides is 1. The fourth-order valence-corrected chi connectivity index (χ4v) is 4.53. The van der Waals surface area contributed by atoms with E-state index >= 15 is 0 Å². The Balaban J connectivity index is 0.00000167. The summed E-state index contributed by atoms with van der Waals surface area (Å²) in [6.07, 6.45) is 9.09. The number of aromatic nitrogens is 2. The van der Waals surface area contributed by atoms with Crippen LogP contribution in [0.25, 0.3) is 16.6 Å². The van der Waals surface area contributed by atoms with Crippen molar-refractivity contribution >= 4 is 51.4 Å². The van der Waals surface area contributed by atoms with E-state index in [1.165, 1.54) is 11.2 Å². The molecule has 3 aromatic rings. The van der Waals surface area contributed by atoms with E-state index in [2.05, 4.69) is 21.8 Å². The molecule has 0 aliphatic carbocycles. The van der Waals surface area contributed by atoms with Gasteiger partial charge >= 0.3 is 0 Å². The highest BCUT2D eigenvalue weighted by Gasteiger charge is 2.22. The number of carbonyl (C=O) groups is 1. The molecule has 184 valence electrons. The number of nitrogens with zero attached hydrogens (tertiary/aromatic N) is 3. The van der Waals surface area contributed by atoms with Crippen LogP contribution in [0.2, 0.25) is 0 Å². The number of rotatable bonds is 7. The Morgan fingerprint density at radius 2 is 1.86 bits per heavy atom. The lowest BCUT2D eigenvalue weighted by molar-refractivity contribution is 0.0938. The number of nitrogens with one attached hydrogen (secondary N) is 1. The number of para-hydroxylation sites is 1. The second-order valence-corrected chi connectivity index (χ2v) is 8.82. The van der Waals surface area contributed by atoms with E-state index in [-0.39, 0.29) is 5.91 Å². The molecule has 0 saturated carbocycles. The Kier molecular flexibility index (Phi) is 10.0. The van der Waals surface area contributed by atoms with E-state index in [0.29, 0.717) is 28.9 Å². The number of hydrogen-bond acceptors (Lipinski definition) is 3. The van der Waals surface area contributed by atoms with E-state index in [1.807, 2.05) is 73.3 Å². The van der Waals surface area contributed by atoms with Crippen molar-refractivity contribution in [3.63, 3.8) is 0 Å². The van der Waals surface area contributed by atoms with Crippen molar-refractivity contribution in [3.05, 3.63) is 89.9 Å². The summed E-state index contributed by atoms with van der Waals surface area (Å²) in [4.78, 5) is 19.7. The summed E-state index contributed by atoms with van der Waals surface area (Å²) >= 11 is 11.9. The number of fused-ring (bicyclic) bond motifs is 1. The highest BCUT2D eigenvalue weighted by atomic mass is 35.5. The standard InChI is InChI=1S/C26H26Cl2N4O.C2H6/c1-19(28)16-23(6-11-27)32-24-5-3-2-4-21(24)17-25(32)26(33)30-18-20-9-14-31(15-10-20)22-7-12-29-13-8-22;1-2/h2-8,11-13,16-17,20H,1,9-10,14-15,18H2,(H,30,33);1-2H3/b11-6+,23-16+;. The van der Waals surface area contributed by atoms with Gasteiger partial charge in [-0.15, -0.1) is 0 Å². The van der Waals surface area contributed by atoms with Crippen molar-refractivity contribution in [3.8, 4) is 0 Å². The molecule has 7 heteroatoms. The van der Waals surface area contributed by atoms with Gasteiger partial charge in [-0.05, 0) is 55.2 Å². The van der Waals surface area contributed by atoms with Crippen LogP contribution in [0.5, 0.6) is 0 Å². The quantitative estimate of drug-likeness (QED) is 0.346. The topological polar surface area (TPSA) is 50.2 Å². The molecule has 1 fully saturated rings. The van der Waals surface area contributed by atoms with Crippen LogP contribution in [0.3, 0.4) is 0 Å². The Labute approximate surface area is 217 Å². The molecule has 1 amide bonds. The first-order valence-corrected chi connectivity index (χ1v) is 12.7. The molecule has 0 spiro atoms. The van der Waals surface area contributed by atoms with Crippen LogP contribution in [0.4, 0.5) is 5.69 Å². The van der Waals surface area contributed by atoms with Gasteiger partial charge in [0.2, 0.25) is 0 Å². The number of benzene rings is 1. The zero-order chi connectivity index (χ0) is 25.2. The first kappa shape index (κ1) is 26.6. The third kappa shape index (κ3) is 6.77. The van der Waals surface area contributed by atoms with Gasteiger partial charge in [0.15, 0.2) is 0 Å². The Morgan fingerprint density at radius 3 is 2.51 bits per heavy atom. The van der Waals surface area contributed by atoms with Crippen LogP contribution in [0.1, 0.15) is 37.2 Å². The van der Waals surface area contributed by atoms with Gasteiger partial charge in [0.05, 0.1) is 5.52 Å². The number of allylic oxidation sites excluding steroid dienone is 4. The number of piperidine rings is 1.